The van der Waals surface area contributed by atoms with E-state index in [2.05, 4.69) is 10.6 Å². The summed E-state index contributed by atoms with van der Waals surface area (Å²) in [5.74, 6) is 0.171. The Morgan fingerprint density at radius 2 is 1.79 bits per heavy atom. The van der Waals surface area contributed by atoms with Gasteiger partial charge in [-0.05, 0) is 50.3 Å². The zero-order chi connectivity index (χ0) is 19.3. The monoisotopic (exact) mass is 407 g/mol. The Kier molecular flexibility index (Phi) is 8.32. The first-order valence-corrected chi connectivity index (χ1v) is 10.4. The number of hydrogen-bond acceptors (Lipinski definition) is 3. The van der Waals surface area contributed by atoms with Gasteiger partial charge >= 0.3 is 0 Å². The molecule has 2 aliphatic carbocycles. The van der Waals surface area contributed by atoms with Crippen LogP contribution in [0.1, 0.15) is 70.3 Å². The van der Waals surface area contributed by atoms with Gasteiger partial charge < -0.3 is 16.4 Å². The minimum absolute atomic E-state index is 0. The van der Waals surface area contributed by atoms with Gasteiger partial charge in [0.25, 0.3) is 0 Å². The zero-order valence-electron chi connectivity index (χ0n) is 16.8. The molecule has 2 unspecified atom stereocenters. The van der Waals surface area contributed by atoms with Crippen LogP contribution >= 0.6 is 12.4 Å². The molecule has 0 radical (unpaired) electrons. The van der Waals surface area contributed by atoms with Crippen molar-refractivity contribution in [3.63, 3.8) is 0 Å². The number of carbonyl (C=O) groups excluding carboxylic acids is 2. The van der Waals surface area contributed by atoms with Crippen molar-refractivity contribution in [2.45, 2.75) is 76.8 Å². The van der Waals surface area contributed by atoms with E-state index in [9.17, 15) is 9.59 Å². The Morgan fingerprint density at radius 3 is 2.50 bits per heavy atom. The lowest BCUT2D eigenvalue weighted by atomic mass is 9.74. The molecule has 0 heterocycles. The second-order valence-corrected chi connectivity index (χ2v) is 8.55. The molecule has 0 spiro atoms. The van der Waals surface area contributed by atoms with Crippen LogP contribution < -0.4 is 16.4 Å². The van der Waals surface area contributed by atoms with E-state index >= 15 is 0 Å². The molecule has 2 aliphatic rings. The maximum Gasteiger partial charge on any atom is 0.227 e. The minimum atomic E-state index is -0.418. The fraction of sp³-hybridized carbons (Fsp3) is 0.636. The van der Waals surface area contributed by atoms with Crippen LogP contribution in [-0.2, 0) is 16.1 Å². The van der Waals surface area contributed by atoms with Crippen LogP contribution in [0.3, 0.4) is 0 Å². The Balaban J connectivity index is 0.00000280. The van der Waals surface area contributed by atoms with Crippen LogP contribution in [0.15, 0.2) is 24.3 Å². The summed E-state index contributed by atoms with van der Waals surface area (Å²) < 4.78 is 0. The SMILES string of the molecule is CC1(N)CCCCC1C(=O)NCc1cccc(NC(=O)C2CCCCC2)c1.Cl. The topological polar surface area (TPSA) is 84.2 Å². The fourth-order valence-electron chi connectivity index (χ4n) is 4.47. The molecule has 2 fully saturated rings. The maximum absolute atomic E-state index is 12.6. The highest BCUT2D eigenvalue weighted by molar-refractivity contribution is 5.92. The first-order chi connectivity index (χ1) is 13.0. The number of anilines is 1. The lowest BCUT2D eigenvalue weighted by Crippen LogP contribution is -2.52. The highest BCUT2D eigenvalue weighted by Gasteiger charge is 2.37. The summed E-state index contributed by atoms with van der Waals surface area (Å²) in [5, 5.41) is 6.08. The van der Waals surface area contributed by atoms with E-state index in [-0.39, 0.29) is 36.1 Å². The van der Waals surface area contributed by atoms with Crippen molar-refractivity contribution in [2.75, 3.05) is 5.32 Å². The summed E-state index contributed by atoms with van der Waals surface area (Å²) in [6.45, 7) is 2.44. The van der Waals surface area contributed by atoms with Crippen molar-refractivity contribution < 1.29 is 9.59 Å². The van der Waals surface area contributed by atoms with Gasteiger partial charge in [0, 0.05) is 23.7 Å². The molecule has 2 amide bonds. The fourth-order valence-corrected chi connectivity index (χ4v) is 4.47. The third-order valence-corrected chi connectivity index (χ3v) is 6.21. The van der Waals surface area contributed by atoms with Gasteiger partial charge in [-0.3, -0.25) is 9.59 Å². The summed E-state index contributed by atoms with van der Waals surface area (Å²) in [5.41, 5.74) is 7.70. The minimum Gasteiger partial charge on any atom is -0.352 e. The van der Waals surface area contributed by atoms with Gasteiger partial charge in [-0.25, -0.2) is 0 Å². The highest BCUT2D eigenvalue weighted by atomic mass is 35.5. The number of rotatable bonds is 5. The molecule has 5 nitrogen and oxygen atoms in total. The predicted octanol–water partition coefficient (Wildman–Crippen LogP) is 4.15. The standard InChI is InChI=1S/C22H33N3O2.ClH/c1-22(23)13-6-5-12-19(22)21(27)24-15-16-8-7-11-18(14-16)25-20(26)17-9-3-2-4-10-17;/h7-8,11,14,17,19H,2-6,9-10,12-13,15,23H2,1H3,(H,24,27)(H,25,26);1H. The van der Waals surface area contributed by atoms with Gasteiger partial charge in [0.2, 0.25) is 11.8 Å². The van der Waals surface area contributed by atoms with E-state index in [0.29, 0.717) is 6.54 Å². The Bertz CT molecular complexity index is 672. The first kappa shape index (κ1) is 22.7. The van der Waals surface area contributed by atoms with Crippen LogP contribution in [0.25, 0.3) is 0 Å². The van der Waals surface area contributed by atoms with Gasteiger partial charge in [-0.1, -0.05) is 44.2 Å². The van der Waals surface area contributed by atoms with E-state index in [1.165, 1.54) is 6.42 Å². The average molecular weight is 408 g/mol. The number of benzene rings is 1. The summed E-state index contributed by atoms with van der Waals surface area (Å²) in [6, 6.07) is 7.75. The van der Waals surface area contributed by atoms with Gasteiger partial charge in [-0.15, -0.1) is 12.4 Å². The molecule has 2 saturated carbocycles. The van der Waals surface area contributed by atoms with Crippen molar-refractivity contribution in [3.8, 4) is 0 Å². The molecule has 1 aromatic carbocycles. The largest absolute Gasteiger partial charge is 0.352 e. The molecule has 28 heavy (non-hydrogen) atoms. The van der Waals surface area contributed by atoms with Crippen molar-refractivity contribution in [1.82, 2.24) is 5.32 Å². The molecule has 156 valence electrons. The number of halogens is 1. The van der Waals surface area contributed by atoms with Crippen LogP contribution in [0.2, 0.25) is 0 Å². The van der Waals surface area contributed by atoms with Crippen LogP contribution in [0.4, 0.5) is 5.69 Å². The molecule has 0 bridgehead atoms. The molecule has 1 aromatic rings. The van der Waals surface area contributed by atoms with E-state index < -0.39 is 5.54 Å². The molecule has 4 N–H and O–H groups in total. The summed E-state index contributed by atoms with van der Waals surface area (Å²) in [4.78, 5) is 25.0. The van der Waals surface area contributed by atoms with Crippen LogP contribution in [0, 0.1) is 11.8 Å². The van der Waals surface area contributed by atoms with Crippen molar-refractivity contribution >= 4 is 29.9 Å². The molecular weight excluding hydrogens is 374 g/mol. The predicted molar refractivity (Wildman–Crippen MR) is 115 cm³/mol. The summed E-state index contributed by atoms with van der Waals surface area (Å²) in [7, 11) is 0. The van der Waals surface area contributed by atoms with Gasteiger partial charge in [0.15, 0.2) is 0 Å². The maximum atomic E-state index is 12.6. The molecule has 0 aromatic heterocycles. The molecule has 3 rings (SSSR count). The van der Waals surface area contributed by atoms with E-state index in [1.807, 2.05) is 31.2 Å². The Labute approximate surface area is 174 Å². The molecule has 2 atom stereocenters. The lowest BCUT2D eigenvalue weighted by molar-refractivity contribution is -0.128. The third-order valence-electron chi connectivity index (χ3n) is 6.21. The van der Waals surface area contributed by atoms with E-state index in [4.69, 9.17) is 5.73 Å². The van der Waals surface area contributed by atoms with Gasteiger partial charge in [0.1, 0.15) is 0 Å². The summed E-state index contributed by atoms with van der Waals surface area (Å²) >= 11 is 0. The molecule has 6 heteroatoms. The van der Waals surface area contributed by atoms with E-state index in [1.54, 1.807) is 0 Å². The second-order valence-electron chi connectivity index (χ2n) is 8.55. The number of hydrogen-bond donors (Lipinski definition) is 3. The number of nitrogens with one attached hydrogen (secondary N) is 2. The average Bonchev–Trinajstić information content (AvgIpc) is 2.67. The molecule has 0 saturated heterocycles. The van der Waals surface area contributed by atoms with Crippen molar-refractivity contribution in [3.05, 3.63) is 29.8 Å². The zero-order valence-corrected chi connectivity index (χ0v) is 17.7. The van der Waals surface area contributed by atoms with Crippen molar-refractivity contribution in [2.24, 2.45) is 17.6 Å². The summed E-state index contributed by atoms with van der Waals surface area (Å²) in [6.07, 6.45) is 9.41. The number of nitrogens with two attached hydrogens (primary N) is 1. The van der Waals surface area contributed by atoms with E-state index in [0.717, 1.165) is 62.6 Å². The quantitative estimate of drug-likeness (QED) is 0.685. The van der Waals surface area contributed by atoms with Gasteiger partial charge in [-0.2, -0.15) is 0 Å². The smallest absolute Gasteiger partial charge is 0.227 e. The highest BCUT2D eigenvalue weighted by Crippen LogP contribution is 2.31. The first-order valence-electron chi connectivity index (χ1n) is 10.4. The second kappa shape index (κ2) is 10.3. The number of carbonyl (C=O) groups is 2. The van der Waals surface area contributed by atoms with Crippen LogP contribution in [-0.4, -0.2) is 17.4 Å². The normalized spacial score (nSPS) is 25.4. The van der Waals surface area contributed by atoms with Crippen LogP contribution in [0.5, 0.6) is 0 Å². The Morgan fingerprint density at radius 1 is 1.07 bits per heavy atom. The lowest BCUT2D eigenvalue weighted by Gasteiger charge is -2.37. The molecular formula is C22H34ClN3O2. The number of amides is 2. The Hall–Kier alpha value is -1.59. The van der Waals surface area contributed by atoms with Gasteiger partial charge in [0.05, 0.1) is 5.92 Å². The van der Waals surface area contributed by atoms with Crippen molar-refractivity contribution in [1.29, 1.82) is 0 Å². The third kappa shape index (κ3) is 5.95. The molecule has 0 aliphatic heterocycles.